The highest BCUT2D eigenvalue weighted by Crippen LogP contribution is 2.16. The molecule has 1 unspecified atom stereocenters. The van der Waals surface area contributed by atoms with Gasteiger partial charge in [-0.25, -0.2) is 9.78 Å². The fourth-order valence-electron chi connectivity index (χ4n) is 2.51. The Kier molecular flexibility index (Phi) is 11.9. The van der Waals surface area contributed by atoms with E-state index in [0.717, 1.165) is 36.4 Å². The molecule has 0 spiro atoms. The minimum Gasteiger partial charge on any atom is -0.480 e. The van der Waals surface area contributed by atoms with Crippen molar-refractivity contribution in [3.8, 4) is 0 Å². The van der Waals surface area contributed by atoms with Gasteiger partial charge in [0, 0.05) is 16.9 Å². The van der Waals surface area contributed by atoms with Crippen LogP contribution in [0.4, 0.5) is 5.82 Å². The van der Waals surface area contributed by atoms with Crippen molar-refractivity contribution in [1.29, 1.82) is 0 Å². The van der Waals surface area contributed by atoms with Gasteiger partial charge in [0.15, 0.2) is 0 Å². The van der Waals surface area contributed by atoms with Gasteiger partial charge in [0.1, 0.15) is 11.9 Å². The molecule has 1 atom stereocenters. The van der Waals surface area contributed by atoms with Gasteiger partial charge < -0.3 is 10.4 Å². The van der Waals surface area contributed by atoms with Crippen molar-refractivity contribution in [2.45, 2.75) is 66.3 Å². The van der Waals surface area contributed by atoms with Gasteiger partial charge in [0.25, 0.3) is 0 Å². The van der Waals surface area contributed by atoms with E-state index in [2.05, 4.69) is 56.2 Å². The van der Waals surface area contributed by atoms with E-state index >= 15 is 0 Å². The number of anilines is 1. The van der Waals surface area contributed by atoms with Gasteiger partial charge in [-0.2, -0.15) is 11.8 Å². The zero-order valence-corrected chi connectivity index (χ0v) is 19.4. The lowest BCUT2D eigenvalue weighted by molar-refractivity contribution is -0.137. The molecule has 0 bridgehead atoms. The lowest BCUT2D eigenvalue weighted by Crippen LogP contribution is -2.31. The number of carboxylic acids is 1. The first-order valence-corrected chi connectivity index (χ1v) is 11.7. The van der Waals surface area contributed by atoms with Crippen molar-refractivity contribution in [2.24, 2.45) is 0 Å². The van der Waals surface area contributed by atoms with Crippen LogP contribution >= 0.6 is 23.1 Å². The molecule has 4 nitrogen and oxygen atoms in total. The number of aromatic nitrogens is 1. The van der Waals surface area contributed by atoms with Gasteiger partial charge in [-0.05, 0) is 60.3 Å². The maximum atomic E-state index is 11.4. The third kappa shape index (κ3) is 11.3. The average molecular weight is 423 g/mol. The number of hydrogen-bond acceptors (Lipinski definition) is 5. The molecule has 2 N–H and O–H groups in total. The molecule has 1 heterocycles. The minimum atomic E-state index is -0.840. The first-order chi connectivity index (χ1) is 13.3. The fraction of sp³-hybridized carbons (Fsp3) is 0.545. The summed E-state index contributed by atoms with van der Waals surface area (Å²) in [6.07, 6.45) is 11.2. The molecule has 1 aromatic rings. The van der Waals surface area contributed by atoms with Crippen LogP contribution < -0.4 is 5.32 Å². The highest BCUT2D eigenvalue weighted by atomic mass is 32.2. The summed E-state index contributed by atoms with van der Waals surface area (Å²) < 4.78 is 0. The Morgan fingerprint density at radius 1 is 1.18 bits per heavy atom. The quantitative estimate of drug-likeness (QED) is 0.282. The Morgan fingerprint density at radius 3 is 2.39 bits per heavy atom. The Labute approximate surface area is 178 Å². The van der Waals surface area contributed by atoms with Gasteiger partial charge in [0.05, 0.1) is 5.01 Å². The summed E-state index contributed by atoms with van der Waals surface area (Å²) in [4.78, 5) is 15.7. The number of aryl methyl sites for hydroxylation is 1. The maximum Gasteiger partial charge on any atom is 0.327 e. The van der Waals surface area contributed by atoms with Crippen molar-refractivity contribution in [3.63, 3.8) is 0 Å². The highest BCUT2D eigenvalue weighted by Gasteiger charge is 2.17. The summed E-state index contributed by atoms with van der Waals surface area (Å²) in [7, 11) is 0. The highest BCUT2D eigenvalue weighted by molar-refractivity contribution is 7.99. The number of rotatable bonds is 13. The number of thioether (sulfide) groups is 1. The first-order valence-electron chi connectivity index (χ1n) is 9.71. The van der Waals surface area contributed by atoms with Crippen LogP contribution in [-0.4, -0.2) is 33.6 Å². The molecule has 0 fully saturated rings. The van der Waals surface area contributed by atoms with E-state index in [-0.39, 0.29) is 0 Å². The molecule has 0 aliphatic carbocycles. The number of aliphatic carboxylic acids is 1. The summed E-state index contributed by atoms with van der Waals surface area (Å²) in [6, 6.07) is -0.619. The van der Waals surface area contributed by atoms with Crippen LogP contribution in [-0.2, 0) is 4.79 Å². The van der Waals surface area contributed by atoms with Gasteiger partial charge >= 0.3 is 5.97 Å². The number of thiazole rings is 1. The minimum absolute atomic E-state index is 0.513. The molecule has 0 radical (unpaired) electrons. The zero-order valence-electron chi connectivity index (χ0n) is 17.7. The monoisotopic (exact) mass is 422 g/mol. The normalized spacial score (nSPS) is 13.3. The number of nitrogens with one attached hydrogen (secondary N) is 1. The molecular weight excluding hydrogens is 388 g/mol. The standard InChI is InChI=1S/C22H34N2O2S2/c1-16(2)8-6-9-17(3)10-7-11-18(4)12-13-27-14-20(22(25)26)24-21-15-28-19(5)23-21/h8,10,12,15,20,24H,6-7,9,11,13-14H2,1-5H3,(H,25,26). The van der Waals surface area contributed by atoms with Crippen LogP contribution in [0.5, 0.6) is 0 Å². The molecule has 0 amide bonds. The van der Waals surface area contributed by atoms with Crippen molar-refractivity contribution in [1.82, 2.24) is 4.98 Å². The summed E-state index contributed by atoms with van der Waals surface area (Å²) in [5, 5.41) is 15.2. The Balaban J connectivity index is 2.30. The molecular formula is C22H34N2O2S2. The fourth-order valence-corrected chi connectivity index (χ4v) is 4.06. The average Bonchev–Trinajstić information content (AvgIpc) is 3.02. The van der Waals surface area contributed by atoms with Crippen molar-refractivity contribution >= 4 is 34.9 Å². The summed E-state index contributed by atoms with van der Waals surface area (Å²) in [5.74, 6) is 1.15. The van der Waals surface area contributed by atoms with E-state index in [4.69, 9.17) is 0 Å². The summed E-state index contributed by atoms with van der Waals surface area (Å²) >= 11 is 3.15. The van der Waals surface area contributed by atoms with Crippen LogP contribution in [0.25, 0.3) is 0 Å². The van der Waals surface area contributed by atoms with E-state index < -0.39 is 12.0 Å². The number of hydrogen-bond donors (Lipinski definition) is 2. The zero-order chi connectivity index (χ0) is 20.9. The smallest absolute Gasteiger partial charge is 0.327 e. The summed E-state index contributed by atoms with van der Waals surface area (Å²) in [6.45, 7) is 10.5. The van der Waals surface area contributed by atoms with E-state index in [1.807, 2.05) is 12.3 Å². The summed E-state index contributed by atoms with van der Waals surface area (Å²) in [5.41, 5.74) is 4.19. The second-order valence-electron chi connectivity index (χ2n) is 7.28. The lowest BCUT2D eigenvalue weighted by Gasteiger charge is -2.13. The molecule has 156 valence electrons. The molecule has 0 saturated heterocycles. The van der Waals surface area contributed by atoms with Gasteiger partial charge in [-0.3, -0.25) is 0 Å². The molecule has 6 heteroatoms. The number of nitrogens with zero attached hydrogens (tertiary/aromatic N) is 1. The van der Waals surface area contributed by atoms with E-state index in [9.17, 15) is 9.90 Å². The molecule has 0 aromatic carbocycles. The maximum absolute atomic E-state index is 11.4. The lowest BCUT2D eigenvalue weighted by atomic mass is 10.1. The number of carboxylic acid groups (broad SMARTS) is 1. The van der Waals surface area contributed by atoms with E-state index in [0.29, 0.717) is 11.6 Å². The number of carbonyl (C=O) groups is 1. The Hall–Kier alpha value is -1.53. The van der Waals surface area contributed by atoms with Crippen LogP contribution in [0, 0.1) is 6.92 Å². The van der Waals surface area contributed by atoms with Crippen LogP contribution in [0.1, 0.15) is 58.4 Å². The molecule has 28 heavy (non-hydrogen) atoms. The Morgan fingerprint density at radius 2 is 1.82 bits per heavy atom. The molecule has 0 saturated carbocycles. The van der Waals surface area contributed by atoms with Gasteiger partial charge in [0.2, 0.25) is 0 Å². The third-order valence-electron chi connectivity index (χ3n) is 4.20. The molecule has 0 aliphatic heterocycles. The van der Waals surface area contributed by atoms with E-state index in [1.54, 1.807) is 11.8 Å². The predicted octanol–water partition coefficient (Wildman–Crippen LogP) is 6.47. The predicted molar refractivity (Wildman–Crippen MR) is 125 cm³/mol. The second kappa shape index (κ2) is 13.6. The molecule has 1 rings (SSSR count). The molecule has 0 aliphatic rings. The first kappa shape index (κ1) is 24.5. The van der Waals surface area contributed by atoms with Crippen molar-refractivity contribution in [3.05, 3.63) is 45.3 Å². The Bertz CT molecular complexity index is 701. The van der Waals surface area contributed by atoms with Crippen LogP contribution in [0.2, 0.25) is 0 Å². The van der Waals surface area contributed by atoms with Crippen molar-refractivity contribution in [2.75, 3.05) is 16.8 Å². The molecule has 1 aromatic heterocycles. The largest absolute Gasteiger partial charge is 0.480 e. The van der Waals surface area contributed by atoms with E-state index in [1.165, 1.54) is 28.1 Å². The second-order valence-corrected chi connectivity index (χ2v) is 9.42. The SMILES string of the molecule is CC(C)=CCCC(C)=CCCC(C)=CCSCC(Nc1csc(C)n1)C(=O)O. The third-order valence-corrected chi connectivity index (χ3v) is 5.94. The van der Waals surface area contributed by atoms with Crippen LogP contribution in [0.3, 0.4) is 0 Å². The topological polar surface area (TPSA) is 62.2 Å². The van der Waals surface area contributed by atoms with Crippen LogP contribution in [0.15, 0.2) is 40.3 Å². The van der Waals surface area contributed by atoms with Gasteiger partial charge in [-0.15, -0.1) is 11.3 Å². The van der Waals surface area contributed by atoms with Gasteiger partial charge in [-0.1, -0.05) is 34.9 Å². The number of allylic oxidation sites excluding steroid dienone is 5. The van der Waals surface area contributed by atoms with Crippen molar-refractivity contribution < 1.29 is 9.90 Å².